The lowest BCUT2D eigenvalue weighted by Crippen LogP contribution is -2.23. The molecule has 2 rings (SSSR count). The van der Waals surface area contributed by atoms with E-state index >= 15 is 0 Å². The van der Waals surface area contributed by atoms with Crippen LogP contribution in [0.15, 0.2) is 12.1 Å². The molecule has 94 valence electrons. The molecule has 1 heterocycles. The minimum Gasteiger partial charge on any atom is -0.396 e. The van der Waals surface area contributed by atoms with E-state index in [1.165, 1.54) is 0 Å². The van der Waals surface area contributed by atoms with Crippen LogP contribution in [-0.4, -0.2) is 29.9 Å². The summed E-state index contributed by atoms with van der Waals surface area (Å²) in [5, 5.41) is 17.8. The second-order valence-corrected chi connectivity index (χ2v) is 4.35. The third kappa shape index (κ3) is 2.40. The SMILES string of the molecule is OCc1cc(F)c(N2CCC(CO)C2)c(F)c1. The first-order valence-electron chi connectivity index (χ1n) is 5.60. The van der Waals surface area contributed by atoms with E-state index in [4.69, 9.17) is 10.2 Å². The molecule has 1 fully saturated rings. The molecule has 3 nitrogen and oxygen atoms in total. The molecule has 0 spiro atoms. The Balaban J connectivity index is 2.27. The van der Waals surface area contributed by atoms with Crippen LogP contribution in [0.1, 0.15) is 12.0 Å². The highest BCUT2D eigenvalue weighted by Crippen LogP contribution is 2.29. The number of nitrogens with zero attached hydrogens (tertiary/aromatic N) is 1. The lowest BCUT2D eigenvalue weighted by atomic mass is 10.1. The number of anilines is 1. The molecule has 2 N–H and O–H groups in total. The summed E-state index contributed by atoms with van der Waals surface area (Å²) in [5.41, 5.74) is 0.166. The predicted octanol–water partition coefficient (Wildman–Crippen LogP) is 1.28. The fourth-order valence-corrected chi connectivity index (χ4v) is 2.20. The minimum atomic E-state index is -0.660. The van der Waals surface area contributed by atoms with E-state index in [1.807, 2.05) is 0 Å². The third-order valence-electron chi connectivity index (χ3n) is 3.12. The highest BCUT2D eigenvalue weighted by molar-refractivity contribution is 5.51. The highest BCUT2D eigenvalue weighted by atomic mass is 19.1. The topological polar surface area (TPSA) is 43.7 Å². The van der Waals surface area contributed by atoms with Crippen molar-refractivity contribution in [2.24, 2.45) is 5.92 Å². The van der Waals surface area contributed by atoms with Crippen molar-refractivity contribution in [2.45, 2.75) is 13.0 Å². The van der Waals surface area contributed by atoms with E-state index in [0.717, 1.165) is 18.6 Å². The zero-order valence-electron chi connectivity index (χ0n) is 9.37. The summed E-state index contributed by atoms with van der Waals surface area (Å²) in [7, 11) is 0. The Morgan fingerprint density at radius 1 is 1.24 bits per heavy atom. The van der Waals surface area contributed by atoms with Crippen LogP contribution >= 0.6 is 0 Å². The summed E-state index contributed by atoms with van der Waals surface area (Å²) < 4.78 is 27.5. The normalized spacial score (nSPS) is 20.0. The van der Waals surface area contributed by atoms with Crippen LogP contribution in [0.3, 0.4) is 0 Å². The Morgan fingerprint density at radius 2 is 1.88 bits per heavy atom. The van der Waals surface area contributed by atoms with Gasteiger partial charge in [-0.3, -0.25) is 0 Å². The number of halogens is 2. The maximum Gasteiger partial charge on any atom is 0.149 e. The largest absolute Gasteiger partial charge is 0.396 e. The molecule has 0 aromatic heterocycles. The summed E-state index contributed by atoms with van der Waals surface area (Å²) in [6.45, 7) is 0.655. The van der Waals surface area contributed by atoms with Crippen LogP contribution in [0.2, 0.25) is 0 Å². The summed E-state index contributed by atoms with van der Waals surface area (Å²) >= 11 is 0. The Bertz CT molecular complexity index is 388. The summed E-state index contributed by atoms with van der Waals surface area (Å²) in [6, 6.07) is 2.29. The molecule has 0 amide bonds. The summed E-state index contributed by atoms with van der Waals surface area (Å²) in [6.07, 6.45) is 0.733. The first kappa shape index (κ1) is 12.3. The lowest BCUT2D eigenvalue weighted by Gasteiger charge is -2.20. The van der Waals surface area contributed by atoms with Gasteiger partial charge in [-0.05, 0) is 24.1 Å². The summed E-state index contributed by atoms with van der Waals surface area (Å²) in [4.78, 5) is 1.60. The molecule has 1 atom stereocenters. The van der Waals surface area contributed by atoms with Gasteiger partial charge >= 0.3 is 0 Å². The summed E-state index contributed by atoms with van der Waals surface area (Å²) in [5.74, 6) is -1.24. The molecule has 0 aliphatic carbocycles. The van der Waals surface area contributed by atoms with Gasteiger partial charge < -0.3 is 15.1 Å². The zero-order valence-corrected chi connectivity index (χ0v) is 9.37. The van der Waals surface area contributed by atoms with Crippen LogP contribution < -0.4 is 4.90 Å². The van der Waals surface area contributed by atoms with Crippen LogP contribution in [0.5, 0.6) is 0 Å². The number of hydrogen-bond acceptors (Lipinski definition) is 3. The molecule has 1 saturated heterocycles. The van der Waals surface area contributed by atoms with E-state index in [1.54, 1.807) is 4.90 Å². The van der Waals surface area contributed by atoms with Crippen molar-refractivity contribution in [3.8, 4) is 0 Å². The lowest BCUT2D eigenvalue weighted by molar-refractivity contribution is 0.238. The van der Waals surface area contributed by atoms with Crippen molar-refractivity contribution in [3.05, 3.63) is 29.3 Å². The molecule has 0 saturated carbocycles. The Labute approximate surface area is 98.3 Å². The number of aliphatic hydroxyl groups is 2. The van der Waals surface area contributed by atoms with Crippen molar-refractivity contribution >= 4 is 5.69 Å². The maximum atomic E-state index is 13.7. The van der Waals surface area contributed by atoms with Crippen molar-refractivity contribution in [1.29, 1.82) is 0 Å². The molecule has 1 aliphatic rings. The van der Waals surface area contributed by atoms with E-state index in [-0.39, 0.29) is 30.4 Å². The average molecular weight is 243 g/mol. The van der Waals surface area contributed by atoms with Crippen molar-refractivity contribution < 1.29 is 19.0 Å². The van der Waals surface area contributed by atoms with Gasteiger partial charge in [0.25, 0.3) is 0 Å². The number of aliphatic hydroxyl groups excluding tert-OH is 2. The van der Waals surface area contributed by atoms with E-state index in [2.05, 4.69) is 0 Å². The molecule has 1 aliphatic heterocycles. The van der Waals surface area contributed by atoms with Gasteiger partial charge in [0.15, 0.2) is 0 Å². The van der Waals surface area contributed by atoms with Gasteiger partial charge in [0.05, 0.1) is 6.61 Å². The predicted molar refractivity (Wildman–Crippen MR) is 59.7 cm³/mol. The molecule has 5 heteroatoms. The van der Waals surface area contributed by atoms with E-state index in [0.29, 0.717) is 13.1 Å². The van der Waals surface area contributed by atoms with Crippen LogP contribution in [0.4, 0.5) is 14.5 Å². The molecule has 1 aromatic carbocycles. The van der Waals surface area contributed by atoms with Gasteiger partial charge in [0.2, 0.25) is 0 Å². The Hall–Kier alpha value is -1.20. The maximum absolute atomic E-state index is 13.7. The molecular weight excluding hydrogens is 228 g/mol. The van der Waals surface area contributed by atoms with Crippen LogP contribution in [0, 0.1) is 17.6 Å². The first-order valence-corrected chi connectivity index (χ1v) is 5.60. The van der Waals surface area contributed by atoms with E-state index < -0.39 is 11.6 Å². The Kier molecular flexibility index (Phi) is 3.59. The van der Waals surface area contributed by atoms with Crippen LogP contribution in [0.25, 0.3) is 0 Å². The fourth-order valence-electron chi connectivity index (χ4n) is 2.20. The van der Waals surface area contributed by atoms with Crippen molar-refractivity contribution in [1.82, 2.24) is 0 Å². The Morgan fingerprint density at radius 3 is 2.35 bits per heavy atom. The molecule has 1 aromatic rings. The van der Waals surface area contributed by atoms with Crippen LogP contribution in [-0.2, 0) is 6.61 Å². The van der Waals surface area contributed by atoms with Gasteiger partial charge in [-0.25, -0.2) is 8.78 Å². The minimum absolute atomic E-state index is 0.0362. The van der Waals surface area contributed by atoms with Crippen molar-refractivity contribution in [3.63, 3.8) is 0 Å². The van der Waals surface area contributed by atoms with Gasteiger partial charge in [-0.1, -0.05) is 0 Å². The van der Waals surface area contributed by atoms with Gasteiger partial charge in [-0.15, -0.1) is 0 Å². The monoisotopic (exact) mass is 243 g/mol. The van der Waals surface area contributed by atoms with Gasteiger partial charge in [0, 0.05) is 25.6 Å². The zero-order chi connectivity index (χ0) is 12.4. The molecular formula is C12H15F2NO2. The smallest absolute Gasteiger partial charge is 0.149 e. The molecule has 17 heavy (non-hydrogen) atoms. The molecule has 0 bridgehead atoms. The number of rotatable bonds is 3. The second kappa shape index (κ2) is 4.98. The molecule has 1 unspecified atom stereocenters. The van der Waals surface area contributed by atoms with Crippen molar-refractivity contribution in [2.75, 3.05) is 24.6 Å². The second-order valence-electron chi connectivity index (χ2n) is 4.35. The third-order valence-corrected chi connectivity index (χ3v) is 3.12. The average Bonchev–Trinajstić information content (AvgIpc) is 2.76. The van der Waals surface area contributed by atoms with E-state index in [9.17, 15) is 8.78 Å². The standard InChI is InChI=1S/C12H15F2NO2/c13-10-3-9(7-17)4-11(14)12(10)15-2-1-8(5-15)6-16/h3-4,8,16-17H,1-2,5-7H2. The number of hydrogen-bond donors (Lipinski definition) is 2. The molecule has 0 radical (unpaired) electrons. The quantitative estimate of drug-likeness (QED) is 0.840. The fraction of sp³-hybridized carbons (Fsp3) is 0.500. The van der Waals surface area contributed by atoms with Gasteiger partial charge in [0.1, 0.15) is 17.3 Å². The first-order chi connectivity index (χ1) is 8.15. The highest BCUT2D eigenvalue weighted by Gasteiger charge is 2.26. The number of benzene rings is 1. The van der Waals surface area contributed by atoms with Gasteiger partial charge in [-0.2, -0.15) is 0 Å².